The molecule has 2 aromatic carbocycles. The van der Waals surface area contributed by atoms with Gasteiger partial charge in [-0.3, -0.25) is 4.99 Å². The molecule has 140 valence electrons. The van der Waals surface area contributed by atoms with Crippen LogP contribution in [0.25, 0.3) is 0 Å². The van der Waals surface area contributed by atoms with Gasteiger partial charge in [0.05, 0.1) is 5.75 Å². The van der Waals surface area contributed by atoms with Gasteiger partial charge in [-0.15, -0.1) is 0 Å². The number of hydrogen-bond donors (Lipinski definition) is 1. The van der Waals surface area contributed by atoms with Crippen LogP contribution in [0.5, 0.6) is 0 Å². The molecule has 0 saturated heterocycles. The summed E-state index contributed by atoms with van der Waals surface area (Å²) in [6.45, 7) is 1.32. The van der Waals surface area contributed by atoms with Crippen molar-refractivity contribution in [2.75, 3.05) is 20.4 Å². The van der Waals surface area contributed by atoms with Crippen molar-refractivity contribution in [3.63, 3.8) is 0 Å². The van der Waals surface area contributed by atoms with E-state index in [0.29, 0.717) is 13.1 Å². The van der Waals surface area contributed by atoms with Gasteiger partial charge >= 0.3 is 0 Å². The molecule has 0 fully saturated rings. The Morgan fingerprint density at radius 2 is 1.58 bits per heavy atom. The van der Waals surface area contributed by atoms with E-state index in [4.69, 9.17) is 11.6 Å². The van der Waals surface area contributed by atoms with E-state index >= 15 is 0 Å². The minimum Gasteiger partial charge on any atom is -0.352 e. The second-order valence-corrected chi connectivity index (χ2v) is 8.85. The molecule has 0 spiro atoms. The maximum atomic E-state index is 11.3. The van der Waals surface area contributed by atoms with Crippen LogP contribution >= 0.6 is 11.6 Å². The van der Waals surface area contributed by atoms with Crippen molar-refractivity contribution < 1.29 is 8.42 Å². The van der Waals surface area contributed by atoms with Crippen LogP contribution in [0.4, 0.5) is 0 Å². The summed E-state index contributed by atoms with van der Waals surface area (Å²) >= 11 is 5.92. The Labute approximate surface area is 160 Å². The van der Waals surface area contributed by atoms with Gasteiger partial charge < -0.3 is 10.2 Å². The predicted molar refractivity (Wildman–Crippen MR) is 108 cm³/mol. The minimum atomic E-state index is -3.01. The lowest BCUT2D eigenvalue weighted by Crippen LogP contribution is -2.38. The molecule has 1 N–H and O–H groups in total. The highest BCUT2D eigenvalue weighted by molar-refractivity contribution is 7.89. The number of benzene rings is 2. The number of nitrogens with zero attached hydrogens (tertiary/aromatic N) is 2. The van der Waals surface area contributed by atoms with Crippen molar-refractivity contribution in [2.24, 2.45) is 4.99 Å². The molecule has 0 aliphatic heterocycles. The Bertz CT molecular complexity index is 847. The summed E-state index contributed by atoms with van der Waals surface area (Å²) in [7, 11) is 0.704. The SMILES string of the molecule is CN=C(NCc1ccc(CS(C)(=O)=O)cc1)N(C)Cc1ccc(Cl)cc1. The van der Waals surface area contributed by atoms with Crippen LogP contribution in [0.2, 0.25) is 5.02 Å². The van der Waals surface area contributed by atoms with E-state index in [0.717, 1.165) is 27.7 Å². The van der Waals surface area contributed by atoms with Crippen molar-refractivity contribution >= 4 is 27.4 Å². The first-order chi connectivity index (χ1) is 12.3. The van der Waals surface area contributed by atoms with E-state index in [9.17, 15) is 8.42 Å². The maximum Gasteiger partial charge on any atom is 0.193 e. The zero-order valence-electron chi connectivity index (χ0n) is 15.2. The van der Waals surface area contributed by atoms with E-state index in [-0.39, 0.29) is 5.75 Å². The third kappa shape index (κ3) is 6.69. The summed E-state index contributed by atoms with van der Waals surface area (Å²) in [5.74, 6) is 0.840. The predicted octanol–water partition coefficient (Wildman–Crippen LogP) is 3.09. The summed E-state index contributed by atoms with van der Waals surface area (Å²) in [6.07, 6.45) is 1.24. The molecule has 7 heteroatoms. The normalized spacial score (nSPS) is 12.1. The molecule has 0 aliphatic carbocycles. The Hall–Kier alpha value is -2.05. The monoisotopic (exact) mass is 393 g/mol. The molecule has 0 saturated carbocycles. The molecule has 26 heavy (non-hydrogen) atoms. The number of aliphatic imine (C=N–C) groups is 1. The summed E-state index contributed by atoms with van der Waals surface area (Å²) in [5, 5.41) is 4.04. The van der Waals surface area contributed by atoms with Crippen molar-refractivity contribution in [1.82, 2.24) is 10.2 Å². The Balaban J connectivity index is 1.92. The fourth-order valence-corrected chi connectivity index (χ4v) is 3.48. The number of hydrogen-bond acceptors (Lipinski definition) is 3. The van der Waals surface area contributed by atoms with Crippen LogP contribution < -0.4 is 5.32 Å². The van der Waals surface area contributed by atoms with Crippen LogP contribution in [-0.2, 0) is 28.7 Å². The lowest BCUT2D eigenvalue weighted by atomic mass is 10.1. The average molecular weight is 394 g/mol. The van der Waals surface area contributed by atoms with Crippen LogP contribution in [0.1, 0.15) is 16.7 Å². The third-order valence-corrected chi connectivity index (χ3v) is 4.92. The Morgan fingerprint density at radius 3 is 2.12 bits per heavy atom. The second kappa shape index (κ2) is 9.05. The number of sulfone groups is 1. The quantitative estimate of drug-likeness (QED) is 0.605. The minimum absolute atomic E-state index is 0.0617. The molecule has 2 rings (SSSR count). The first kappa shape index (κ1) is 20.3. The summed E-state index contributed by atoms with van der Waals surface area (Å²) in [4.78, 5) is 6.34. The first-order valence-electron chi connectivity index (χ1n) is 8.18. The summed E-state index contributed by atoms with van der Waals surface area (Å²) in [6, 6.07) is 15.3. The molecule has 0 unspecified atom stereocenters. The molecular weight excluding hydrogens is 370 g/mol. The van der Waals surface area contributed by atoms with E-state index in [1.54, 1.807) is 7.05 Å². The smallest absolute Gasteiger partial charge is 0.193 e. The zero-order chi connectivity index (χ0) is 19.2. The molecule has 0 aromatic heterocycles. The molecule has 0 bridgehead atoms. The maximum absolute atomic E-state index is 11.3. The molecule has 0 radical (unpaired) electrons. The molecule has 0 atom stereocenters. The van der Waals surface area contributed by atoms with Crippen LogP contribution in [-0.4, -0.2) is 39.6 Å². The van der Waals surface area contributed by atoms with Gasteiger partial charge in [0.25, 0.3) is 0 Å². The molecule has 0 aliphatic rings. The van der Waals surface area contributed by atoms with Crippen LogP contribution in [0, 0.1) is 0 Å². The number of nitrogens with one attached hydrogen (secondary N) is 1. The van der Waals surface area contributed by atoms with E-state index in [1.165, 1.54) is 6.26 Å². The van der Waals surface area contributed by atoms with E-state index < -0.39 is 9.84 Å². The molecule has 0 heterocycles. The fourth-order valence-electron chi connectivity index (χ4n) is 2.56. The average Bonchev–Trinajstić information content (AvgIpc) is 2.57. The summed E-state index contributed by atoms with van der Waals surface area (Å²) in [5.41, 5.74) is 2.99. The third-order valence-electron chi connectivity index (χ3n) is 3.81. The van der Waals surface area contributed by atoms with Crippen molar-refractivity contribution in [1.29, 1.82) is 0 Å². The fraction of sp³-hybridized carbons (Fsp3) is 0.316. The number of rotatable bonds is 6. The van der Waals surface area contributed by atoms with Gasteiger partial charge in [0.2, 0.25) is 0 Å². The van der Waals surface area contributed by atoms with Gasteiger partial charge in [-0.25, -0.2) is 8.42 Å². The van der Waals surface area contributed by atoms with E-state index in [1.807, 2.05) is 60.5 Å². The molecule has 5 nitrogen and oxygen atoms in total. The zero-order valence-corrected chi connectivity index (χ0v) is 16.8. The number of guanidine groups is 1. The van der Waals surface area contributed by atoms with Crippen molar-refractivity contribution in [3.8, 4) is 0 Å². The van der Waals surface area contributed by atoms with E-state index in [2.05, 4.69) is 10.3 Å². The van der Waals surface area contributed by atoms with Gasteiger partial charge in [-0.2, -0.15) is 0 Å². The topological polar surface area (TPSA) is 61.8 Å². The van der Waals surface area contributed by atoms with Crippen molar-refractivity contribution in [3.05, 3.63) is 70.2 Å². The molecule has 0 amide bonds. The van der Waals surface area contributed by atoms with Crippen molar-refractivity contribution in [2.45, 2.75) is 18.8 Å². The highest BCUT2D eigenvalue weighted by Crippen LogP contribution is 2.11. The first-order valence-corrected chi connectivity index (χ1v) is 10.6. The largest absolute Gasteiger partial charge is 0.352 e. The lowest BCUT2D eigenvalue weighted by molar-refractivity contribution is 0.476. The lowest BCUT2D eigenvalue weighted by Gasteiger charge is -2.22. The standard InChI is InChI=1S/C19H24ClN3O2S/c1-21-19(23(2)13-16-8-10-18(20)11-9-16)22-12-15-4-6-17(7-5-15)14-26(3,24)25/h4-11H,12-14H2,1-3H3,(H,21,22). The van der Waals surface area contributed by atoms with Gasteiger partial charge in [-0.05, 0) is 28.8 Å². The Kier molecular flexibility index (Phi) is 7.06. The van der Waals surface area contributed by atoms with Gasteiger partial charge in [0, 0.05) is 38.5 Å². The van der Waals surface area contributed by atoms with Gasteiger partial charge in [0.15, 0.2) is 15.8 Å². The highest BCUT2D eigenvalue weighted by atomic mass is 35.5. The highest BCUT2D eigenvalue weighted by Gasteiger charge is 2.08. The molecular formula is C19H24ClN3O2S. The van der Waals surface area contributed by atoms with Gasteiger partial charge in [0.1, 0.15) is 0 Å². The second-order valence-electron chi connectivity index (χ2n) is 6.27. The van der Waals surface area contributed by atoms with Crippen LogP contribution in [0.15, 0.2) is 53.5 Å². The summed E-state index contributed by atoms with van der Waals surface area (Å²) < 4.78 is 22.7. The van der Waals surface area contributed by atoms with Crippen LogP contribution in [0.3, 0.4) is 0 Å². The molecule has 2 aromatic rings. The number of halogens is 1. The Morgan fingerprint density at radius 1 is 1.04 bits per heavy atom. The van der Waals surface area contributed by atoms with Gasteiger partial charge in [-0.1, -0.05) is 48.0 Å².